The van der Waals surface area contributed by atoms with Crippen LogP contribution in [0.15, 0.2) is 0 Å². The second kappa shape index (κ2) is 6.27. The van der Waals surface area contributed by atoms with Crippen molar-refractivity contribution in [2.75, 3.05) is 25.6 Å². The number of carbonyl (C=O) groups excluding carboxylic acids is 1. The van der Waals surface area contributed by atoms with E-state index in [0.29, 0.717) is 18.3 Å². The quantitative estimate of drug-likeness (QED) is 0.524. The molecule has 0 aromatic heterocycles. The van der Waals surface area contributed by atoms with Gasteiger partial charge in [0.15, 0.2) is 0 Å². The molecule has 0 saturated carbocycles. The van der Waals surface area contributed by atoms with Gasteiger partial charge in [0.05, 0.1) is 6.61 Å². The molecule has 0 aromatic rings. The first-order valence-corrected chi connectivity index (χ1v) is 5.48. The molecule has 1 fully saturated rings. The van der Waals surface area contributed by atoms with Gasteiger partial charge in [-0.05, 0) is 18.8 Å². The molecule has 5 heteroatoms. The van der Waals surface area contributed by atoms with Gasteiger partial charge in [0, 0.05) is 19.0 Å². The van der Waals surface area contributed by atoms with Gasteiger partial charge in [-0.2, -0.15) is 12.6 Å². The number of esters is 1. The molecule has 0 aliphatic carbocycles. The summed E-state index contributed by atoms with van der Waals surface area (Å²) in [4.78, 5) is 11.2. The van der Waals surface area contributed by atoms with E-state index in [-0.39, 0.29) is 5.97 Å². The van der Waals surface area contributed by atoms with E-state index in [1.54, 1.807) is 0 Å². The van der Waals surface area contributed by atoms with Gasteiger partial charge in [-0.15, -0.1) is 0 Å². The second-order valence-electron chi connectivity index (χ2n) is 3.47. The highest BCUT2D eigenvalue weighted by Gasteiger charge is 2.18. The van der Waals surface area contributed by atoms with Crippen LogP contribution in [0.4, 0.5) is 0 Å². The van der Waals surface area contributed by atoms with Crippen molar-refractivity contribution in [3.63, 3.8) is 0 Å². The molecule has 0 aromatic carbocycles. The Bertz CT molecular complexity index is 183. The van der Waals surface area contributed by atoms with Gasteiger partial charge >= 0.3 is 5.97 Å². The van der Waals surface area contributed by atoms with Crippen molar-refractivity contribution in [1.29, 1.82) is 0 Å². The van der Waals surface area contributed by atoms with Crippen molar-refractivity contribution in [1.82, 2.24) is 0 Å². The molecule has 4 nitrogen and oxygen atoms in total. The third-order valence-electron chi connectivity index (χ3n) is 2.30. The lowest BCUT2D eigenvalue weighted by Gasteiger charge is -2.22. The number of rotatable bonds is 4. The number of nitrogens with two attached hydrogens (primary N) is 1. The summed E-state index contributed by atoms with van der Waals surface area (Å²) in [6, 6.07) is -0.599. The van der Waals surface area contributed by atoms with E-state index in [1.807, 2.05) is 0 Å². The highest BCUT2D eigenvalue weighted by atomic mass is 32.1. The molecule has 1 saturated heterocycles. The van der Waals surface area contributed by atoms with Crippen LogP contribution in [0.5, 0.6) is 0 Å². The summed E-state index contributed by atoms with van der Waals surface area (Å²) in [5.41, 5.74) is 5.46. The van der Waals surface area contributed by atoms with E-state index in [1.165, 1.54) is 0 Å². The molecule has 1 aliphatic rings. The van der Waals surface area contributed by atoms with E-state index in [9.17, 15) is 4.79 Å². The average Bonchev–Trinajstić information content (AvgIpc) is 2.26. The fraction of sp³-hybridized carbons (Fsp3) is 0.889. The third-order valence-corrected chi connectivity index (χ3v) is 2.70. The van der Waals surface area contributed by atoms with Crippen LogP contribution in [0.1, 0.15) is 12.8 Å². The number of hydrogen-bond acceptors (Lipinski definition) is 5. The molecular weight excluding hydrogens is 202 g/mol. The summed E-state index contributed by atoms with van der Waals surface area (Å²) < 4.78 is 10.3. The van der Waals surface area contributed by atoms with Crippen LogP contribution in [-0.4, -0.2) is 37.6 Å². The molecule has 0 radical (unpaired) electrons. The molecule has 1 rings (SSSR count). The van der Waals surface area contributed by atoms with Crippen molar-refractivity contribution in [2.24, 2.45) is 11.7 Å². The molecule has 1 atom stereocenters. The minimum Gasteiger partial charge on any atom is -0.464 e. The number of hydrogen-bond donors (Lipinski definition) is 2. The Balaban J connectivity index is 2.15. The van der Waals surface area contributed by atoms with E-state index < -0.39 is 6.04 Å². The first kappa shape index (κ1) is 11.8. The molecule has 1 unspecified atom stereocenters. The lowest BCUT2D eigenvalue weighted by Crippen LogP contribution is -2.35. The third kappa shape index (κ3) is 3.86. The smallest absolute Gasteiger partial charge is 0.323 e. The van der Waals surface area contributed by atoms with Gasteiger partial charge in [0.1, 0.15) is 6.04 Å². The molecular formula is C9H17NO3S. The Morgan fingerprint density at radius 2 is 2.21 bits per heavy atom. The minimum absolute atomic E-state index is 0.326. The maximum atomic E-state index is 11.2. The zero-order valence-electron chi connectivity index (χ0n) is 8.15. The molecule has 2 N–H and O–H groups in total. The van der Waals surface area contributed by atoms with Crippen LogP contribution >= 0.6 is 12.6 Å². The van der Waals surface area contributed by atoms with E-state index in [0.717, 1.165) is 26.1 Å². The summed E-state index contributed by atoms with van der Waals surface area (Å²) in [6.45, 7) is 1.99. The summed E-state index contributed by atoms with van der Waals surface area (Å²) in [6.07, 6.45) is 1.92. The maximum absolute atomic E-state index is 11.2. The zero-order chi connectivity index (χ0) is 10.4. The van der Waals surface area contributed by atoms with Crippen molar-refractivity contribution in [2.45, 2.75) is 18.9 Å². The van der Waals surface area contributed by atoms with E-state index >= 15 is 0 Å². The van der Waals surface area contributed by atoms with Gasteiger partial charge in [0.2, 0.25) is 0 Å². The Morgan fingerprint density at radius 1 is 1.57 bits per heavy atom. The van der Waals surface area contributed by atoms with E-state index in [4.69, 9.17) is 15.2 Å². The molecule has 1 aliphatic heterocycles. The molecule has 1 heterocycles. The largest absolute Gasteiger partial charge is 0.464 e. The van der Waals surface area contributed by atoms with Gasteiger partial charge < -0.3 is 15.2 Å². The summed E-state index contributed by atoms with van der Waals surface area (Å²) in [7, 11) is 0. The predicted molar refractivity (Wildman–Crippen MR) is 56.3 cm³/mol. The Morgan fingerprint density at radius 3 is 2.79 bits per heavy atom. The van der Waals surface area contributed by atoms with Crippen LogP contribution in [0.3, 0.4) is 0 Å². The molecule has 0 amide bonds. The minimum atomic E-state index is -0.599. The van der Waals surface area contributed by atoms with Gasteiger partial charge in [-0.3, -0.25) is 4.79 Å². The van der Waals surface area contributed by atoms with Crippen LogP contribution in [0.25, 0.3) is 0 Å². The number of ether oxygens (including phenoxy) is 2. The average molecular weight is 219 g/mol. The Kier molecular flexibility index (Phi) is 5.29. The van der Waals surface area contributed by atoms with Crippen LogP contribution in [-0.2, 0) is 14.3 Å². The standard InChI is InChI=1S/C9H17NO3S/c10-8(6-14)9(11)13-5-7-1-3-12-4-2-7/h7-8,14H,1-6,10H2. The first-order valence-electron chi connectivity index (χ1n) is 4.85. The number of thiol groups is 1. The van der Waals surface area contributed by atoms with E-state index in [2.05, 4.69) is 12.6 Å². The summed E-state index contributed by atoms with van der Waals surface area (Å²) >= 11 is 3.93. The van der Waals surface area contributed by atoms with Crippen molar-refractivity contribution in [3.05, 3.63) is 0 Å². The van der Waals surface area contributed by atoms with Gasteiger partial charge in [-0.1, -0.05) is 0 Å². The Hall–Kier alpha value is -0.260. The van der Waals surface area contributed by atoms with Crippen molar-refractivity contribution >= 4 is 18.6 Å². The highest BCUT2D eigenvalue weighted by Crippen LogP contribution is 2.14. The molecule has 0 spiro atoms. The fourth-order valence-corrected chi connectivity index (χ4v) is 1.44. The van der Waals surface area contributed by atoms with Gasteiger partial charge in [-0.25, -0.2) is 0 Å². The molecule has 14 heavy (non-hydrogen) atoms. The van der Waals surface area contributed by atoms with Crippen LogP contribution in [0.2, 0.25) is 0 Å². The number of carbonyl (C=O) groups is 1. The fourth-order valence-electron chi connectivity index (χ4n) is 1.29. The topological polar surface area (TPSA) is 61.6 Å². The van der Waals surface area contributed by atoms with Crippen LogP contribution in [0, 0.1) is 5.92 Å². The van der Waals surface area contributed by atoms with Crippen molar-refractivity contribution < 1.29 is 14.3 Å². The van der Waals surface area contributed by atoms with Crippen molar-refractivity contribution in [3.8, 4) is 0 Å². The lowest BCUT2D eigenvalue weighted by molar-refractivity contribution is -0.146. The van der Waals surface area contributed by atoms with Gasteiger partial charge in [0.25, 0.3) is 0 Å². The highest BCUT2D eigenvalue weighted by molar-refractivity contribution is 7.80. The first-order chi connectivity index (χ1) is 6.74. The predicted octanol–water partition coefficient (Wildman–Crippen LogP) is 0.213. The normalized spacial score (nSPS) is 20.4. The zero-order valence-corrected chi connectivity index (χ0v) is 9.04. The SMILES string of the molecule is NC(CS)C(=O)OCC1CCOCC1. The lowest BCUT2D eigenvalue weighted by atomic mass is 10.0. The summed E-state index contributed by atoms with van der Waals surface area (Å²) in [5, 5.41) is 0. The molecule has 82 valence electrons. The maximum Gasteiger partial charge on any atom is 0.323 e. The summed E-state index contributed by atoms with van der Waals surface area (Å²) in [5.74, 6) is 0.401. The molecule has 0 bridgehead atoms. The monoisotopic (exact) mass is 219 g/mol. The van der Waals surface area contributed by atoms with Crippen LogP contribution < -0.4 is 5.73 Å². The Labute approximate surface area is 89.5 Å². The second-order valence-corrected chi connectivity index (χ2v) is 3.84.